The van der Waals surface area contributed by atoms with E-state index in [0.29, 0.717) is 11.7 Å². The monoisotopic (exact) mass is 287 g/mol. The lowest BCUT2D eigenvalue weighted by molar-refractivity contribution is 1.10. The van der Waals surface area contributed by atoms with Crippen molar-refractivity contribution < 1.29 is 0 Å². The highest BCUT2D eigenvalue weighted by molar-refractivity contribution is 5.92. The van der Waals surface area contributed by atoms with Crippen molar-refractivity contribution in [3.8, 4) is 11.4 Å². The zero-order chi connectivity index (χ0) is 14.5. The van der Waals surface area contributed by atoms with E-state index in [1.165, 1.54) is 18.4 Å². The Labute approximate surface area is 126 Å². The molecule has 0 bridgehead atoms. The van der Waals surface area contributed by atoms with Crippen molar-refractivity contribution in [2.45, 2.75) is 18.8 Å². The summed E-state index contributed by atoms with van der Waals surface area (Å²) in [7, 11) is 0. The molecule has 0 saturated heterocycles. The number of H-pyrrole nitrogens is 1. The SMILES string of the molecule is c1cc(-c2ncc3c(C4CC4)cncc3n2)c2cc[nH]c2n1. The van der Waals surface area contributed by atoms with Crippen LogP contribution in [0.3, 0.4) is 0 Å². The van der Waals surface area contributed by atoms with Crippen LogP contribution in [0.5, 0.6) is 0 Å². The molecule has 1 aliphatic carbocycles. The Morgan fingerprint density at radius 1 is 1.00 bits per heavy atom. The molecule has 22 heavy (non-hydrogen) atoms. The number of nitrogens with zero attached hydrogens (tertiary/aromatic N) is 4. The minimum Gasteiger partial charge on any atom is -0.346 e. The summed E-state index contributed by atoms with van der Waals surface area (Å²) >= 11 is 0. The molecule has 0 spiro atoms. The third-order valence-electron chi connectivity index (χ3n) is 4.26. The summed E-state index contributed by atoms with van der Waals surface area (Å²) in [5.74, 6) is 1.36. The molecule has 1 fully saturated rings. The first-order valence-corrected chi connectivity index (χ1v) is 7.43. The van der Waals surface area contributed by atoms with Crippen molar-refractivity contribution in [1.82, 2.24) is 24.9 Å². The van der Waals surface area contributed by atoms with Crippen molar-refractivity contribution in [2.24, 2.45) is 0 Å². The molecule has 4 heterocycles. The molecule has 0 unspecified atom stereocenters. The first-order valence-electron chi connectivity index (χ1n) is 7.43. The third-order valence-corrected chi connectivity index (χ3v) is 4.26. The van der Waals surface area contributed by atoms with Crippen LogP contribution in [0.4, 0.5) is 0 Å². The van der Waals surface area contributed by atoms with Gasteiger partial charge in [0.1, 0.15) is 5.65 Å². The van der Waals surface area contributed by atoms with Crippen LogP contribution < -0.4 is 0 Å². The second-order valence-electron chi connectivity index (χ2n) is 5.73. The summed E-state index contributed by atoms with van der Waals surface area (Å²) in [6.45, 7) is 0. The number of pyridine rings is 2. The molecule has 5 heteroatoms. The van der Waals surface area contributed by atoms with E-state index >= 15 is 0 Å². The lowest BCUT2D eigenvalue weighted by atomic mass is 10.1. The fourth-order valence-electron chi connectivity index (χ4n) is 2.98. The fourth-order valence-corrected chi connectivity index (χ4v) is 2.98. The van der Waals surface area contributed by atoms with E-state index in [0.717, 1.165) is 27.5 Å². The van der Waals surface area contributed by atoms with Crippen LogP contribution in [-0.2, 0) is 0 Å². The van der Waals surface area contributed by atoms with Gasteiger partial charge in [0.25, 0.3) is 0 Å². The molecule has 0 aromatic carbocycles. The Balaban J connectivity index is 1.74. The van der Waals surface area contributed by atoms with E-state index in [1.54, 1.807) is 6.20 Å². The van der Waals surface area contributed by atoms with Crippen LogP contribution in [0.2, 0.25) is 0 Å². The van der Waals surface area contributed by atoms with E-state index < -0.39 is 0 Å². The maximum Gasteiger partial charge on any atom is 0.160 e. The van der Waals surface area contributed by atoms with Gasteiger partial charge in [-0.2, -0.15) is 0 Å². The standard InChI is InChI=1S/C17H13N5/c1-2-10(1)13-7-18-9-15-14(13)8-21-17(22-15)12-4-6-20-16-11(12)3-5-19-16/h3-10H,1-2H2,(H,19,20). The highest BCUT2D eigenvalue weighted by Crippen LogP contribution is 2.42. The molecule has 5 rings (SSSR count). The highest BCUT2D eigenvalue weighted by atomic mass is 14.9. The van der Waals surface area contributed by atoms with E-state index in [1.807, 2.05) is 36.9 Å². The van der Waals surface area contributed by atoms with E-state index in [9.17, 15) is 0 Å². The normalized spacial score (nSPS) is 14.7. The van der Waals surface area contributed by atoms with Crippen LogP contribution >= 0.6 is 0 Å². The van der Waals surface area contributed by atoms with Crippen molar-refractivity contribution in [1.29, 1.82) is 0 Å². The Morgan fingerprint density at radius 2 is 1.95 bits per heavy atom. The summed E-state index contributed by atoms with van der Waals surface area (Å²) in [6, 6.07) is 3.96. The number of fused-ring (bicyclic) bond motifs is 2. The first kappa shape index (κ1) is 11.8. The molecular formula is C17H13N5. The van der Waals surface area contributed by atoms with Gasteiger partial charge in [-0.15, -0.1) is 0 Å². The van der Waals surface area contributed by atoms with Gasteiger partial charge in [0, 0.05) is 41.1 Å². The highest BCUT2D eigenvalue weighted by Gasteiger charge is 2.26. The summed E-state index contributed by atoms with van der Waals surface area (Å²) in [6.07, 6.45) is 11.9. The van der Waals surface area contributed by atoms with Crippen molar-refractivity contribution in [3.63, 3.8) is 0 Å². The Kier molecular flexibility index (Phi) is 2.33. The van der Waals surface area contributed by atoms with E-state index in [-0.39, 0.29) is 0 Å². The van der Waals surface area contributed by atoms with Gasteiger partial charge in [-0.1, -0.05) is 0 Å². The Hall–Kier alpha value is -2.82. The van der Waals surface area contributed by atoms with Gasteiger partial charge in [-0.05, 0) is 36.5 Å². The largest absolute Gasteiger partial charge is 0.346 e. The molecule has 0 radical (unpaired) electrons. The number of rotatable bonds is 2. The molecule has 4 aromatic rings. The molecule has 5 nitrogen and oxygen atoms in total. The second kappa shape index (κ2) is 4.34. The summed E-state index contributed by atoms with van der Waals surface area (Å²) in [5.41, 5.74) is 4.04. The zero-order valence-electron chi connectivity index (χ0n) is 11.8. The summed E-state index contributed by atoms with van der Waals surface area (Å²) < 4.78 is 0. The zero-order valence-corrected chi connectivity index (χ0v) is 11.8. The van der Waals surface area contributed by atoms with Gasteiger partial charge in [-0.3, -0.25) is 4.98 Å². The van der Waals surface area contributed by atoms with Gasteiger partial charge < -0.3 is 4.98 Å². The maximum atomic E-state index is 4.73. The average molecular weight is 287 g/mol. The number of hydrogen-bond acceptors (Lipinski definition) is 4. The van der Waals surface area contributed by atoms with Crippen LogP contribution in [0.1, 0.15) is 24.3 Å². The molecule has 4 aromatic heterocycles. The molecule has 0 amide bonds. The molecular weight excluding hydrogens is 274 g/mol. The molecule has 1 saturated carbocycles. The molecule has 0 aliphatic heterocycles. The fraction of sp³-hybridized carbons (Fsp3) is 0.176. The van der Waals surface area contributed by atoms with Gasteiger partial charge in [0.05, 0.1) is 11.7 Å². The minimum absolute atomic E-state index is 0.642. The van der Waals surface area contributed by atoms with Crippen molar-refractivity contribution in [3.05, 3.63) is 48.7 Å². The van der Waals surface area contributed by atoms with Crippen LogP contribution in [-0.4, -0.2) is 24.9 Å². The van der Waals surface area contributed by atoms with Gasteiger partial charge in [0.2, 0.25) is 0 Å². The second-order valence-corrected chi connectivity index (χ2v) is 5.73. The number of nitrogens with one attached hydrogen (secondary N) is 1. The van der Waals surface area contributed by atoms with Gasteiger partial charge >= 0.3 is 0 Å². The predicted octanol–water partition coefficient (Wildman–Crippen LogP) is 3.45. The lowest BCUT2D eigenvalue weighted by Gasteiger charge is -2.06. The summed E-state index contributed by atoms with van der Waals surface area (Å²) in [4.78, 5) is 21.1. The van der Waals surface area contributed by atoms with Gasteiger partial charge in [0.15, 0.2) is 5.82 Å². The topological polar surface area (TPSA) is 67.3 Å². The molecule has 106 valence electrons. The van der Waals surface area contributed by atoms with Crippen molar-refractivity contribution >= 4 is 21.9 Å². The number of hydrogen-bond donors (Lipinski definition) is 1. The molecule has 0 atom stereocenters. The smallest absolute Gasteiger partial charge is 0.160 e. The Bertz CT molecular complexity index is 1000. The predicted molar refractivity (Wildman–Crippen MR) is 84.4 cm³/mol. The van der Waals surface area contributed by atoms with Crippen LogP contribution in [0.15, 0.2) is 43.1 Å². The average Bonchev–Trinajstić information content (AvgIpc) is 3.30. The van der Waals surface area contributed by atoms with Crippen LogP contribution in [0, 0.1) is 0 Å². The lowest BCUT2D eigenvalue weighted by Crippen LogP contribution is -1.94. The Morgan fingerprint density at radius 3 is 2.86 bits per heavy atom. The summed E-state index contributed by atoms with van der Waals surface area (Å²) in [5, 5.41) is 2.16. The maximum absolute atomic E-state index is 4.73. The van der Waals surface area contributed by atoms with E-state index in [4.69, 9.17) is 4.98 Å². The number of aromatic nitrogens is 5. The minimum atomic E-state index is 0.642. The van der Waals surface area contributed by atoms with Crippen LogP contribution in [0.25, 0.3) is 33.3 Å². The number of aromatic amines is 1. The van der Waals surface area contributed by atoms with Gasteiger partial charge in [-0.25, -0.2) is 15.0 Å². The molecule has 1 N–H and O–H groups in total. The quantitative estimate of drug-likeness (QED) is 0.613. The van der Waals surface area contributed by atoms with Crippen molar-refractivity contribution in [2.75, 3.05) is 0 Å². The molecule has 1 aliphatic rings. The van der Waals surface area contributed by atoms with E-state index in [2.05, 4.69) is 19.9 Å². The first-order chi connectivity index (χ1) is 10.9. The third kappa shape index (κ3) is 1.72.